The van der Waals surface area contributed by atoms with Gasteiger partial charge in [0.25, 0.3) is 0 Å². The SMILES string of the molecule is O=C(O)CC(CC(=O)NCC(=O)N1CCOCC1)c1cccs1. The molecule has 8 heteroatoms. The second-order valence-corrected chi connectivity index (χ2v) is 6.26. The standard InChI is InChI=1S/C15H20N2O5S/c18-13(16-10-14(19)17-3-5-22-6-4-17)8-11(9-15(20)21)12-2-1-7-23-12/h1-2,7,11H,3-6,8-10H2,(H,16,18)(H,20,21). The molecule has 0 aliphatic carbocycles. The molecule has 0 aromatic carbocycles. The van der Waals surface area contributed by atoms with Gasteiger partial charge < -0.3 is 20.1 Å². The van der Waals surface area contributed by atoms with E-state index in [1.54, 1.807) is 4.90 Å². The number of carbonyl (C=O) groups excluding carboxylic acids is 2. The summed E-state index contributed by atoms with van der Waals surface area (Å²) in [4.78, 5) is 37.5. The number of aliphatic carboxylic acids is 1. The molecule has 7 nitrogen and oxygen atoms in total. The summed E-state index contributed by atoms with van der Waals surface area (Å²) in [6, 6.07) is 3.65. The Morgan fingerprint density at radius 3 is 2.65 bits per heavy atom. The summed E-state index contributed by atoms with van der Waals surface area (Å²) in [5, 5.41) is 13.4. The van der Waals surface area contributed by atoms with E-state index in [2.05, 4.69) is 5.32 Å². The van der Waals surface area contributed by atoms with Crippen molar-refractivity contribution >= 4 is 29.1 Å². The van der Waals surface area contributed by atoms with Gasteiger partial charge in [-0.05, 0) is 11.4 Å². The van der Waals surface area contributed by atoms with E-state index in [-0.39, 0.29) is 37.1 Å². The Labute approximate surface area is 138 Å². The van der Waals surface area contributed by atoms with Crippen molar-refractivity contribution in [2.45, 2.75) is 18.8 Å². The lowest BCUT2D eigenvalue weighted by atomic mass is 9.99. The van der Waals surface area contributed by atoms with Crippen molar-refractivity contribution < 1.29 is 24.2 Å². The first-order valence-electron chi connectivity index (χ1n) is 7.43. The van der Waals surface area contributed by atoms with Gasteiger partial charge in [0.15, 0.2) is 0 Å². The van der Waals surface area contributed by atoms with Crippen molar-refractivity contribution in [3.63, 3.8) is 0 Å². The average molecular weight is 340 g/mol. The second-order valence-electron chi connectivity index (χ2n) is 5.28. The lowest BCUT2D eigenvalue weighted by molar-refractivity contribution is -0.138. The number of carboxylic acid groups (broad SMARTS) is 1. The van der Waals surface area contributed by atoms with Gasteiger partial charge >= 0.3 is 5.97 Å². The minimum absolute atomic E-state index is 0.0587. The maximum absolute atomic E-state index is 12.0. The zero-order valence-corrected chi connectivity index (χ0v) is 13.5. The Hall–Kier alpha value is -1.93. The van der Waals surface area contributed by atoms with Crippen LogP contribution in [0.1, 0.15) is 23.6 Å². The van der Waals surface area contributed by atoms with Crippen LogP contribution in [-0.2, 0) is 19.1 Å². The van der Waals surface area contributed by atoms with Crippen LogP contribution in [0.3, 0.4) is 0 Å². The fraction of sp³-hybridized carbons (Fsp3) is 0.533. The Morgan fingerprint density at radius 2 is 2.04 bits per heavy atom. The van der Waals surface area contributed by atoms with Crippen LogP contribution in [-0.4, -0.2) is 60.6 Å². The van der Waals surface area contributed by atoms with E-state index in [0.29, 0.717) is 26.3 Å². The monoisotopic (exact) mass is 340 g/mol. The highest BCUT2D eigenvalue weighted by Gasteiger charge is 2.22. The van der Waals surface area contributed by atoms with Crippen LogP contribution in [0.25, 0.3) is 0 Å². The number of thiophene rings is 1. The van der Waals surface area contributed by atoms with Crippen molar-refractivity contribution in [1.29, 1.82) is 0 Å². The molecule has 2 rings (SSSR count). The number of carbonyl (C=O) groups is 3. The third-order valence-corrected chi connectivity index (χ3v) is 4.63. The zero-order valence-electron chi connectivity index (χ0n) is 12.7. The van der Waals surface area contributed by atoms with Crippen LogP contribution in [0.5, 0.6) is 0 Å². The molecule has 2 N–H and O–H groups in total. The minimum Gasteiger partial charge on any atom is -0.481 e. The van der Waals surface area contributed by atoms with Crippen molar-refractivity contribution in [1.82, 2.24) is 10.2 Å². The first-order valence-corrected chi connectivity index (χ1v) is 8.31. The smallest absolute Gasteiger partial charge is 0.304 e. The molecule has 0 bridgehead atoms. The highest BCUT2D eigenvalue weighted by atomic mass is 32.1. The average Bonchev–Trinajstić information content (AvgIpc) is 3.07. The Morgan fingerprint density at radius 1 is 1.30 bits per heavy atom. The maximum Gasteiger partial charge on any atom is 0.304 e. The number of rotatable bonds is 7. The van der Waals surface area contributed by atoms with Gasteiger partial charge in [-0.3, -0.25) is 14.4 Å². The first-order chi connectivity index (χ1) is 11.1. The van der Waals surface area contributed by atoms with Crippen molar-refractivity contribution in [3.8, 4) is 0 Å². The van der Waals surface area contributed by atoms with Crippen LogP contribution >= 0.6 is 11.3 Å². The Bertz CT molecular complexity index is 540. The molecule has 1 aromatic rings. The molecule has 1 saturated heterocycles. The largest absolute Gasteiger partial charge is 0.481 e. The van der Waals surface area contributed by atoms with E-state index in [1.165, 1.54) is 11.3 Å². The van der Waals surface area contributed by atoms with E-state index < -0.39 is 5.97 Å². The molecule has 2 amide bonds. The topological polar surface area (TPSA) is 95.9 Å². The van der Waals surface area contributed by atoms with E-state index >= 15 is 0 Å². The number of amides is 2. The zero-order chi connectivity index (χ0) is 16.7. The first kappa shape index (κ1) is 17.4. The number of hydrogen-bond acceptors (Lipinski definition) is 5. The predicted molar refractivity (Wildman–Crippen MR) is 84.3 cm³/mol. The van der Waals surface area contributed by atoms with Gasteiger partial charge in [0.1, 0.15) is 0 Å². The summed E-state index contributed by atoms with van der Waals surface area (Å²) in [6.07, 6.45) is -0.0471. The van der Waals surface area contributed by atoms with Crippen molar-refractivity contribution in [2.75, 3.05) is 32.8 Å². The summed E-state index contributed by atoms with van der Waals surface area (Å²) in [5.74, 6) is -1.77. The molecular weight excluding hydrogens is 320 g/mol. The number of nitrogens with one attached hydrogen (secondary N) is 1. The predicted octanol–water partition coefficient (Wildman–Crippen LogP) is 0.672. The Kier molecular flexibility index (Phi) is 6.54. The molecule has 2 heterocycles. The Balaban J connectivity index is 1.81. The van der Waals surface area contributed by atoms with Crippen molar-refractivity contribution in [2.24, 2.45) is 0 Å². The second kappa shape index (κ2) is 8.64. The lowest BCUT2D eigenvalue weighted by Crippen LogP contribution is -2.45. The van der Waals surface area contributed by atoms with E-state index in [1.807, 2.05) is 17.5 Å². The van der Waals surface area contributed by atoms with Crippen LogP contribution in [0.2, 0.25) is 0 Å². The van der Waals surface area contributed by atoms with Gasteiger partial charge in [0, 0.05) is 30.3 Å². The molecule has 126 valence electrons. The molecule has 1 aromatic heterocycles. The summed E-state index contributed by atoms with van der Waals surface area (Å²) >= 11 is 1.43. The molecule has 0 spiro atoms. The van der Waals surface area contributed by atoms with Gasteiger partial charge in [0.05, 0.1) is 26.2 Å². The van der Waals surface area contributed by atoms with Crippen LogP contribution in [0.15, 0.2) is 17.5 Å². The van der Waals surface area contributed by atoms with Gasteiger partial charge in [-0.15, -0.1) is 11.3 Å². The highest BCUT2D eigenvalue weighted by molar-refractivity contribution is 7.10. The van der Waals surface area contributed by atoms with Crippen molar-refractivity contribution in [3.05, 3.63) is 22.4 Å². The number of morpholine rings is 1. The summed E-state index contributed by atoms with van der Waals surface area (Å²) in [6.45, 7) is 2.03. The molecule has 1 atom stereocenters. The maximum atomic E-state index is 12.0. The lowest BCUT2D eigenvalue weighted by Gasteiger charge is -2.27. The van der Waals surface area contributed by atoms with E-state index in [9.17, 15) is 14.4 Å². The van der Waals surface area contributed by atoms with Crippen LogP contribution in [0.4, 0.5) is 0 Å². The van der Waals surface area contributed by atoms with Gasteiger partial charge in [-0.2, -0.15) is 0 Å². The normalized spacial score (nSPS) is 15.9. The molecule has 1 fully saturated rings. The number of carboxylic acids is 1. The fourth-order valence-corrected chi connectivity index (χ4v) is 3.23. The molecular formula is C15H20N2O5S. The third kappa shape index (κ3) is 5.65. The minimum atomic E-state index is -0.944. The molecule has 1 aliphatic heterocycles. The molecule has 23 heavy (non-hydrogen) atoms. The number of hydrogen-bond donors (Lipinski definition) is 2. The van der Waals surface area contributed by atoms with Crippen LogP contribution in [0, 0.1) is 0 Å². The fourth-order valence-electron chi connectivity index (χ4n) is 2.40. The molecule has 0 radical (unpaired) electrons. The highest BCUT2D eigenvalue weighted by Crippen LogP contribution is 2.27. The molecule has 1 unspecified atom stereocenters. The van der Waals surface area contributed by atoms with E-state index in [4.69, 9.17) is 9.84 Å². The number of nitrogens with zero attached hydrogens (tertiary/aromatic N) is 1. The summed E-state index contributed by atoms with van der Waals surface area (Å²) < 4.78 is 5.17. The third-order valence-electron chi connectivity index (χ3n) is 3.60. The number of ether oxygens (including phenoxy) is 1. The quantitative estimate of drug-likeness (QED) is 0.761. The summed E-state index contributed by atoms with van der Waals surface area (Å²) in [7, 11) is 0. The summed E-state index contributed by atoms with van der Waals surface area (Å²) in [5.41, 5.74) is 0. The van der Waals surface area contributed by atoms with Gasteiger partial charge in [-0.1, -0.05) is 6.07 Å². The van der Waals surface area contributed by atoms with Crippen LogP contribution < -0.4 is 5.32 Å². The molecule has 1 aliphatic rings. The van der Waals surface area contributed by atoms with E-state index in [0.717, 1.165) is 4.88 Å². The van der Waals surface area contributed by atoms with Gasteiger partial charge in [-0.25, -0.2) is 0 Å². The molecule has 0 saturated carbocycles. The van der Waals surface area contributed by atoms with Gasteiger partial charge in [0.2, 0.25) is 11.8 Å².